The van der Waals surface area contributed by atoms with Crippen molar-refractivity contribution in [1.82, 2.24) is 19.7 Å². The van der Waals surface area contributed by atoms with Crippen LogP contribution in [0.5, 0.6) is 0 Å². The van der Waals surface area contributed by atoms with Crippen molar-refractivity contribution in [3.05, 3.63) is 30.4 Å². The first kappa shape index (κ1) is 23.2. The molecule has 170 valence electrons. The van der Waals surface area contributed by atoms with Gasteiger partial charge < -0.3 is 15.2 Å². The van der Waals surface area contributed by atoms with Crippen LogP contribution in [0.3, 0.4) is 0 Å². The number of nitrogens with one attached hydrogen (secondary N) is 1. The molecule has 0 aromatic carbocycles. The maximum atomic E-state index is 13.2. The van der Waals surface area contributed by atoms with Crippen molar-refractivity contribution in [2.75, 3.05) is 5.32 Å². The summed E-state index contributed by atoms with van der Waals surface area (Å²) in [5.41, 5.74) is -0.733. The van der Waals surface area contributed by atoms with E-state index in [1.165, 1.54) is 0 Å². The zero-order valence-corrected chi connectivity index (χ0v) is 19.5. The van der Waals surface area contributed by atoms with Crippen molar-refractivity contribution in [2.45, 2.75) is 90.9 Å². The summed E-state index contributed by atoms with van der Waals surface area (Å²) in [6.45, 7) is 11.9. The van der Waals surface area contributed by atoms with Crippen molar-refractivity contribution in [3.8, 4) is 0 Å². The van der Waals surface area contributed by atoms with Gasteiger partial charge in [-0.1, -0.05) is 0 Å². The predicted molar refractivity (Wildman–Crippen MR) is 119 cm³/mol. The third-order valence-corrected chi connectivity index (χ3v) is 5.48. The number of rotatable bonds is 5. The number of anilines is 2. The molecule has 1 saturated carbocycles. The van der Waals surface area contributed by atoms with Crippen molar-refractivity contribution in [1.29, 1.82) is 0 Å². The van der Waals surface area contributed by atoms with E-state index in [4.69, 9.17) is 9.72 Å². The number of hydrogen-bond donors (Lipinski definition) is 2. The Morgan fingerprint density at radius 2 is 1.90 bits per heavy atom. The molecule has 1 aliphatic rings. The summed E-state index contributed by atoms with van der Waals surface area (Å²) in [5.74, 6) is 1.19. The molecule has 2 heterocycles. The Kier molecular flexibility index (Phi) is 6.41. The Labute approximate surface area is 184 Å². The van der Waals surface area contributed by atoms with Gasteiger partial charge in [0.2, 0.25) is 0 Å². The van der Waals surface area contributed by atoms with Gasteiger partial charge in [-0.15, -0.1) is 0 Å². The lowest BCUT2D eigenvalue weighted by Gasteiger charge is -2.38. The minimum atomic E-state index is -0.701. The largest absolute Gasteiger partial charge is 0.460 e. The molecule has 1 fully saturated rings. The molecule has 31 heavy (non-hydrogen) atoms. The van der Waals surface area contributed by atoms with Crippen LogP contribution in [0.4, 0.5) is 11.6 Å². The highest BCUT2D eigenvalue weighted by molar-refractivity contribution is 5.77. The summed E-state index contributed by atoms with van der Waals surface area (Å²) >= 11 is 0. The van der Waals surface area contributed by atoms with E-state index in [9.17, 15) is 9.90 Å². The molecule has 0 aliphatic heterocycles. The highest BCUT2D eigenvalue weighted by Crippen LogP contribution is 2.41. The van der Waals surface area contributed by atoms with Crippen LogP contribution in [0, 0.1) is 5.41 Å². The second-order valence-electron chi connectivity index (χ2n) is 10.5. The summed E-state index contributed by atoms with van der Waals surface area (Å²) in [5, 5.41) is 17.7. The molecule has 0 bridgehead atoms. The van der Waals surface area contributed by atoms with Crippen molar-refractivity contribution >= 4 is 17.6 Å². The van der Waals surface area contributed by atoms with Crippen LogP contribution in [0.2, 0.25) is 0 Å². The van der Waals surface area contributed by atoms with E-state index < -0.39 is 11.0 Å². The third kappa shape index (κ3) is 5.81. The Morgan fingerprint density at radius 3 is 2.52 bits per heavy atom. The van der Waals surface area contributed by atoms with Crippen LogP contribution in [0.15, 0.2) is 24.7 Å². The molecular weight excluding hydrogens is 394 g/mol. The van der Waals surface area contributed by atoms with Gasteiger partial charge in [0.05, 0.1) is 35.1 Å². The van der Waals surface area contributed by atoms with Crippen LogP contribution in [0.1, 0.15) is 72.9 Å². The molecular formula is C23H35N5O3. The molecule has 0 amide bonds. The van der Waals surface area contributed by atoms with Gasteiger partial charge in [0.15, 0.2) is 0 Å². The van der Waals surface area contributed by atoms with E-state index in [0.29, 0.717) is 43.6 Å². The second kappa shape index (κ2) is 8.57. The Balaban J connectivity index is 1.83. The zero-order valence-electron chi connectivity index (χ0n) is 19.5. The molecule has 0 unspecified atom stereocenters. The summed E-state index contributed by atoms with van der Waals surface area (Å²) in [4.78, 5) is 22.2. The lowest BCUT2D eigenvalue weighted by atomic mass is 9.70. The maximum Gasteiger partial charge on any atom is 0.312 e. The molecule has 0 saturated heterocycles. The van der Waals surface area contributed by atoms with Crippen LogP contribution >= 0.6 is 0 Å². The van der Waals surface area contributed by atoms with Crippen LogP contribution in [-0.4, -0.2) is 42.5 Å². The molecule has 2 aromatic rings. The average molecular weight is 430 g/mol. The van der Waals surface area contributed by atoms with Gasteiger partial charge >= 0.3 is 5.97 Å². The first-order chi connectivity index (χ1) is 14.4. The summed E-state index contributed by atoms with van der Waals surface area (Å²) in [6, 6.07) is 1.89. The van der Waals surface area contributed by atoms with Gasteiger partial charge in [-0.25, -0.2) is 9.67 Å². The fourth-order valence-electron chi connectivity index (χ4n) is 3.96. The Hall–Kier alpha value is -2.48. The van der Waals surface area contributed by atoms with Crippen LogP contribution in [0.25, 0.3) is 0 Å². The first-order valence-corrected chi connectivity index (χ1v) is 10.9. The van der Waals surface area contributed by atoms with Crippen LogP contribution < -0.4 is 5.32 Å². The number of aliphatic hydroxyl groups is 1. The van der Waals surface area contributed by atoms with Gasteiger partial charge in [0.1, 0.15) is 17.2 Å². The highest BCUT2D eigenvalue weighted by atomic mass is 16.6. The minimum Gasteiger partial charge on any atom is -0.460 e. The van der Waals surface area contributed by atoms with E-state index >= 15 is 0 Å². The topological polar surface area (TPSA) is 102 Å². The lowest BCUT2D eigenvalue weighted by Crippen LogP contribution is -2.43. The molecule has 8 heteroatoms. The quantitative estimate of drug-likeness (QED) is 0.693. The number of aromatic nitrogens is 4. The number of carbonyl (C=O) groups excluding carboxylic acids is 1. The number of aliphatic hydroxyl groups excluding tert-OH is 1. The molecule has 3 rings (SSSR count). The third-order valence-electron chi connectivity index (χ3n) is 5.48. The minimum absolute atomic E-state index is 0.180. The smallest absolute Gasteiger partial charge is 0.312 e. The molecule has 0 spiro atoms. The predicted octanol–water partition coefficient (Wildman–Crippen LogP) is 3.98. The molecule has 1 aliphatic carbocycles. The zero-order chi connectivity index (χ0) is 22.9. The van der Waals surface area contributed by atoms with Gasteiger partial charge in [-0.2, -0.15) is 5.10 Å². The molecule has 2 aromatic heterocycles. The number of esters is 1. The average Bonchev–Trinajstić information content (AvgIpc) is 3.11. The van der Waals surface area contributed by atoms with E-state index in [0.717, 1.165) is 5.82 Å². The molecule has 0 radical (unpaired) electrons. The highest BCUT2D eigenvalue weighted by Gasteiger charge is 2.44. The summed E-state index contributed by atoms with van der Waals surface area (Å²) in [6.07, 6.45) is 7.46. The van der Waals surface area contributed by atoms with E-state index in [2.05, 4.69) is 36.2 Å². The molecule has 2 N–H and O–H groups in total. The standard InChI is InChI=1S/C23H35N5O3/c1-21(2,3)28-19(9-12-25-28)27-18-15-24-14-16(26-18)13-23(10-7-17(29)8-11-23)20(30)31-22(4,5)6/h9,12,14-15,17,29H,7-8,10-11,13H2,1-6H3,(H,26,27). The Bertz CT molecular complexity index is 902. The monoisotopic (exact) mass is 429 g/mol. The Morgan fingerprint density at radius 1 is 1.23 bits per heavy atom. The first-order valence-electron chi connectivity index (χ1n) is 10.9. The summed E-state index contributed by atoms with van der Waals surface area (Å²) in [7, 11) is 0. The van der Waals surface area contributed by atoms with Gasteiger partial charge in [-0.3, -0.25) is 9.78 Å². The second-order valence-corrected chi connectivity index (χ2v) is 10.5. The number of carbonyl (C=O) groups is 1. The van der Waals surface area contributed by atoms with Crippen molar-refractivity contribution < 1.29 is 14.6 Å². The normalized spacial score (nSPS) is 22.2. The van der Waals surface area contributed by atoms with E-state index in [-0.39, 0.29) is 17.6 Å². The maximum absolute atomic E-state index is 13.2. The van der Waals surface area contributed by atoms with Crippen molar-refractivity contribution in [3.63, 3.8) is 0 Å². The number of hydrogen-bond acceptors (Lipinski definition) is 7. The SMILES string of the molecule is CC(C)(C)OC(=O)C1(Cc2cncc(Nc3ccnn3C(C)(C)C)n2)CCC(O)CC1. The number of nitrogens with zero attached hydrogens (tertiary/aromatic N) is 4. The van der Waals surface area contributed by atoms with Gasteiger partial charge in [0, 0.05) is 18.7 Å². The van der Waals surface area contributed by atoms with Gasteiger partial charge in [-0.05, 0) is 67.2 Å². The number of ether oxygens (including phenoxy) is 1. The van der Waals surface area contributed by atoms with E-state index in [1.54, 1.807) is 18.6 Å². The fraction of sp³-hybridized carbons (Fsp3) is 0.652. The van der Waals surface area contributed by atoms with E-state index in [1.807, 2.05) is 31.5 Å². The summed E-state index contributed by atoms with van der Waals surface area (Å²) < 4.78 is 7.66. The van der Waals surface area contributed by atoms with Gasteiger partial charge in [0.25, 0.3) is 0 Å². The molecule has 0 atom stereocenters. The van der Waals surface area contributed by atoms with Crippen molar-refractivity contribution in [2.24, 2.45) is 5.41 Å². The molecule has 8 nitrogen and oxygen atoms in total. The van der Waals surface area contributed by atoms with Crippen LogP contribution in [-0.2, 0) is 21.5 Å². The fourth-order valence-corrected chi connectivity index (χ4v) is 3.96. The lowest BCUT2D eigenvalue weighted by molar-refractivity contribution is -0.171.